The van der Waals surface area contributed by atoms with Crippen LogP contribution in [0.15, 0.2) is 48.5 Å². The number of hydrogen-bond acceptors (Lipinski definition) is 4. The topological polar surface area (TPSA) is 84.5 Å². The fourth-order valence-electron chi connectivity index (χ4n) is 3.04. The lowest BCUT2D eigenvalue weighted by atomic mass is 10.1. The standard InChI is InChI=1S/C21H22N2O4/c1-14(22-20(25)16-6-3-2-4-7-16)21(26)27-13-19(24)23-18-11-10-15-8-5-9-17(15)12-18/h2-4,6-7,10-12,14H,5,8-9,13H2,1H3,(H,22,25)(H,23,24)/t14-/m0/s1. The van der Waals surface area contributed by atoms with E-state index in [9.17, 15) is 14.4 Å². The summed E-state index contributed by atoms with van der Waals surface area (Å²) in [5.74, 6) is -1.45. The van der Waals surface area contributed by atoms with Crippen molar-refractivity contribution >= 4 is 23.5 Å². The molecule has 0 radical (unpaired) electrons. The van der Waals surface area contributed by atoms with Crippen molar-refractivity contribution in [3.8, 4) is 0 Å². The average molecular weight is 366 g/mol. The third-order valence-corrected chi connectivity index (χ3v) is 4.46. The van der Waals surface area contributed by atoms with E-state index in [1.165, 1.54) is 18.1 Å². The molecule has 0 saturated heterocycles. The highest BCUT2D eigenvalue weighted by molar-refractivity contribution is 5.97. The molecule has 0 saturated carbocycles. The Balaban J connectivity index is 1.45. The minimum atomic E-state index is -0.856. The van der Waals surface area contributed by atoms with Gasteiger partial charge in [0.15, 0.2) is 6.61 Å². The fraction of sp³-hybridized carbons (Fsp3) is 0.286. The first-order valence-electron chi connectivity index (χ1n) is 8.97. The van der Waals surface area contributed by atoms with Crippen LogP contribution in [0.25, 0.3) is 0 Å². The van der Waals surface area contributed by atoms with Crippen molar-refractivity contribution < 1.29 is 19.1 Å². The van der Waals surface area contributed by atoms with E-state index in [0.717, 1.165) is 19.3 Å². The molecule has 0 bridgehead atoms. The van der Waals surface area contributed by atoms with Gasteiger partial charge < -0.3 is 15.4 Å². The third-order valence-electron chi connectivity index (χ3n) is 4.46. The Kier molecular flexibility index (Phi) is 5.86. The average Bonchev–Trinajstić information content (AvgIpc) is 3.14. The number of carbonyl (C=O) groups excluding carboxylic acids is 3. The van der Waals surface area contributed by atoms with Gasteiger partial charge in [0.25, 0.3) is 11.8 Å². The van der Waals surface area contributed by atoms with E-state index in [4.69, 9.17) is 4.74 Å². The van der Waals surface area contributed by atoms with Crippen LogP contribution in [-0.2, 0) is 27.2 Å². The molecule has 0 unspecified atom stereocenters. The summed E-state index contributed by atoms with van der Waals surface area (Å²) in [4.78, 5) is 36.0. The number of anilines is 1. The number of esters is 1. The molecular formula is C21H22N2O4. The van der Waals surface area contributed by atoms with Gasteiger partial charge in [-0.1, -0.05) is 24.3 Å². The van der Waals surface area contributed by atoms with Crippen LogP contribution >= 0.6 is 0 Å². The van der Waals surface area contributed by atoms with Gasteiger partial charge in [-0.3, -0.25) is 9.59 Å². The van der Waals surface area contributed by atoms with Gasteiger partial charge in [0, 0.05) is 11.3 Å². The highest BCUT2D eigenvalue weighted by atomic mass is 16.5. The maximum atomic E-state index is 12.0. The van der Waals surface area contributed by atoms with Crippen molar-refractivity contribution in [2.45, 2.75) is 32.2 Å². The molecule has 0 aromatic heterocycles. The van der Waals surface area contributed by atoms with Crippen LogP contribution < -0.4 is 10.6 Å². The lowest BCUT2D eigenvalue weighted by molar-refractivity contribution is -0.148. The third kappa shape index (κ3) is 4.94. The Hall–Kier alpha value is -3.15. The molecule has 0 heterocycles. The minimum Gasteiger partial charge on any atom is -0.454 e. The molecular weight excluding hydrogens is 344 g/mol. The first-order chi connectivity index (χ1) is 13.0. The van der Waals surface area contributed by atoms with Gasteiger partial charge in [0.1, 0.15) is 6.04 Å². The zero-order valence-electron chi connectivity index (χ0n) is 15.2. The van der Waals surface area contributed by atoms with E-state index in [0.29, 0.717) is 11.3 Å². The number of benzene rings is 2. The number of nitrogens with one attached hydrogen (secondary N) is 2. The van der Waals surface area contributed by atoms with Crippen LogP contribution in [0, 0.1) is 0 Å². The monoisotopic (exact) mass is 366 g/mol. The number of amides is 2. The van der Waals surface area contributed by atoms with Crippen molar-refractivity contribution in [3.05, 3.63) is 65.2 Å². The minimum absolute atomic E-state index is 0.373. The molecule has 0 aliphatic heterocycles. The summed E-state index contributed by atoms with van der Waals surface area (Å²) in [5.41, 5.74) is 3.72. The van der Waals surface area contributed by atoms with Gasteiger partial charge in [-0.25, -0.2) is 4.79 Å². The lowest BCUT2D eigenvalue weighted by Crippen LogP contribution is -2.40. The molecule has 0 spiro atoms. The normalized spacial score (nSPS) is 13.4. The molecule has 27 heavy (non-hydrogen) atoms. The van der Waals surface area contributed by atoms with Crippen LogP contribution in [0.2, 0.25) is 0 Å². The maximum Gasteiger partial charge on any atom is 0.328 e. The van der Waals surface area contributed by atoms with Crippen LogP contribution in [0.5, 0.6) is 0 Å². The number of hydrogen-bond donors (Lipinski definition) is 2. The molecule has 2 amide bonds. The van der Waals surface area contributed by atoms with Crippen molar-refractivity contribution in [2.24, 2.45) is 0 Å². The molecule has 2 aromatic rings. The fourth-order valence-corrected chi connectivity index (χ4v) is 3.04. The van der Waals surface area contributed by atoms with Gasteiger partial charge >= 0.3 is 5.97 Å². The van der Waals surface area contributed by atoms with Crippen LogP contribution in [0.3, 0.4) is 0 Å². The van der Waals surface area contributed by atoms with Gasteiger partial charge in [0.05, 0.1) is 0 Å². The van der Waals surface area contributed by atoms with E-state index in [2.05, 4.69) is 10.6 Å². The second-order valence-electron chi connectivity index (χ2n) is 6.55. The first kappa shape index (κ1) is 18.6. The van der Waals surface area contributed by atoms with E-state index in [1.807, 2.05) is 18.2 Å². The summed E-state index contributed by atoms with van der Waals surface area (Å²) in [5, 5.41) is 5.28. The zero-order chi connectivity index (χ0) is 19.2. The van der Waals surface area contributed by atoms with Gasteiger partial charge in [-0.15, -0.1) is 0 Å². The van der Waals surface area contributed by atoms with Crippen molar-refractivity contribution in [3.63, 3.8) is 0 Å². The number of carbonyl (C=O) groups is 3. The molecule has 0 fully saturated rings. The second-order valence-corrected chi connectivity index (χ2v) is 6.55. The Morgan fingerprint density at radius 3 is 2.56 bits per heavy atom. The lowest BCUT2D eigenvalue weighted by Gasteiger charge is -2.13. The second kappa shape index (κ2) is 8.49. The highest BCUT2D eigenvalue weighted by Gasteiger charge is 2.19. The van der Waals surface area contributed by atoms with Gasteiger partial charge in [0.2, 0.25) is 0 Å². The summed E-state index contributed by atoms with van der Waals surface area (Å²) in [6.45, 7) is 1.11. The molecule has 1 aliphatic carbocycles. The molecule has 2 aromatic carbocycles. The SMILES string of the molecule is C[C@H](NC(=O)c1ccccc1)C(=O)OCC(=O)Nc1ccc2c(c1)CCC2. The van der Waals surface area contributed by atoms with Gasteiger partial charge in [-0.2, -0.15) is 0 Å². The Labute approximate surface area is 157 Å². The first-order valence-corrected chi connectivity index (χ1v) is 8.97. The summed E-state index contributed by atoms with van der Waals surface area (Å²) < 4.78 is 5.00. The maximum absolute atomic E-state index is 12.0. The smallest absolute Gasteiger partial charge is 0.328 e. The Morgan fingerprint density at radius 2 is 1.78 bits per heavy atom. The summed E-state index contributed by atoms with van der Waals surface area (Å²) in [6.07, 6.45) is 3.23. The van der Waals surface area contributed by atoms with Gasteiger partial charge in [-0.05, 0) is 61.6 Å². The highest BCUT2D eigenvalue weighted by Crippen LogP contribution is 2.24. The van der Waals surface area contributed by atoms with Crippen molar-refractivity contribution in [2.75, 3.05) is 11.9 Å². The molecule has 6 heteroatoms. The largest absolute Gasteiger partial charge is 0.454 e. The Morgan fingerprint density at radius 1 is 1.04 bits per heavy atom. The van der Waals surface area contributed by atoms with Crippen LogP contribution in [-0.4, -0.2) is 30.4 Å². The zero-order valence-corrected chi connectivity index (χ0v) is 15.2. The number of ether oxygens (including phenoxy) is 1. The van der Waals surface area contributed by atoms with Crippen molar-refractivity contribution in [1.82, 2.24) is 5.32 Å². The number of aryl methyl sites for hydroxylation is 2. The molecule has 3 rings (SSSR count). The van der Waals surface area contributed by atoms with E-state index >= 15 is 0 Å². The predicted molar refractivity (Wildman–Crippen MR) is 101 cm³/mol. The van der Waals surface area contributed by atoms with E-state index < -0.39 is 24.5 Å². The molecule has 6 nitrogen and oxygen atoms in total. The molecule has 140 valence electrons. The van der Waals surface area contributed by atoms with E-state index in [1.54, 1.807) is 30.3 Å². The Bertz CT molecular complexity index is 849. The molecule has 1 aliphatic rings. The van der Waals surface area contributed by atoms with Crippen LogP contribution in [0.1, 0.15) is 34.8 Å². The quantitative estimate of drug-likeness (QED) is 0.769. The van der Waals surface area contributed by atoms with Crippen LogP contribution in [0.4, 0.5) is 5.69 Å². The molecule has 1 atom stereocenters. The number of fused-ring (bicyclic) bond motifs is 1. The predicted octanol–water partition coefficient (Wildman–Crippen LogP) is 2.48. The summed E-state index contributed by atoms with van der Waals surface area (Å²) in [6, 6.07) is 13.6. The number of rotatable bonds is 6. The van der Waals surface area contributed by atoms with E-state index in [-0.39, 0.29) is 5.91 Å². The summed E-state index contributed by atoms with van der Waals surface area (Å²) >= 11 is 0. The summed E-state index contributed by atoms with van der Waals surface area (Å²) in [7, 11) is 0. The molecule has 2 N–H and O–H groups in total. The van der Waals surface area contributed by atoms with Crippen molar-refractivity contribution in [1.29, 1.82) is 0 Å².